The summed E-state index contributed by atoms with van der Waals surface area (Å²) in [7, 11) is 1.46. The fraction of sp³-hybridized carbons (Fsp3) is 0.833. The summed E-state index contributed by atoms with van der Waals surface area (Å²) in [4.78, 5) is 10.7. The van der Waals surface area contributed by atoms with Gasteiger partial charge in [-0.2, -0.15) is 0 Å². The molecule has 2 unspecified atom stereocenters. The molecule has 0 bridgehead atoms. The van der Waals surface area contributed by atoms with Crippen LogP contribution in [0.3, 0.4) is 0 Å². The van der Waals surface area contributed by atoms with Crippen LogP contribution in [0, 0.1) is 0 Å². The van der Waals surface area contributed by atoms with E-state index in [9.17, 15) is 4.79 Å². The zero-order chi connectivity index (χ0) is 8.15. The van der Waals surface area contributed by atoms with Gasteiger partial charge in [0, 0.05) is 7.11 Å². The van der Waals surface area contributed by atoms with Crippen molar-refractivity contribution in [3.8, 4) is 0 Å². The Kier molecular flexibility index (Phi) is 3.99. The predicted octanol–water partition coefficient (Wildman–Crippen LogP) is -0.131. The van der Waals surface area contributed by atoms with E-state index < -0.39 is 18.3 Å². The summed E-state index contributed by atoms with van der Waals surface area (Å²) >= 11 is 0. The second kappa shape index (κ2) is 4.24. The van der Waals surface area contributed by atoms with E-state index in [2.05, 4.69) is 9.47 Å². The van der Waals surface area contributed by atoms with Crippen molar-refractivity contribution in [2.45, 2.75) is 26.2 Å². The number of methoxy groups -OCH3 is 1. The van der Waals surface area contributed by atoms with Gasteiger partial charge in [-0.3, -0.25) is 4.79 Å². The maximum Gasteiger partial charge on any atom is 0.324 e. The van der Waals surface area contributed by atoms with E-state index in [4.69, 9.17) is 5.73 Å². The maximum absolute atomic E-state index is 10.7. The Balaban J connectivity index is 3.57. The van der Waals surface area contributed by atoms with Crippen molar-refractivity contribution < 1.29 is 14.3 Å². The van der Waals surface area contributed by atoms with Crippen LogP contribution in [-0.4, -0.2) is 25.4 Å². The van der Waals surface area contributed by atoms with E-state index in [1.165, 1.54) is 7.11 Å². The highest BCUT2D eigenvalue weighted by atomic mass is 16.7. The Labute approximate surface area is 60.3 Å². The molecule has 10 heavy (non-hydrogen) atoms. The monoisotopic (exact) mass is 147 g/mol. The second-order valence-electron chi connectivity index (χ2n) is 2.03. The minimum Gasteiger partial charge on any atom is -0.435 e. The van der Waals surface area contributed by atoms with E-state index in [1.807, 2.05) is 0 Å². The van der Waals surface area contributed by atoms with Gasteiger partial charge in [-0.15, -0.1) is 0 Å². The number of carbonyl (C=O) groups is 1. The van der Waals surface area contributed by atoms with Gasteiger partial charge in [-0.25, -0.2) is 0 Å². The molecule has 0 saturated heterocycles. The van der Waals surface area contributed by atoms with Crippen LogP contribution in [0.4, 0.5) is 0 Å². The van der Waals surface area contributed by atoms with Crippen LogP contribution >= 0.6 is 0 Å². The van der Waals surface area contributed by atoms with E-state index in [0.717, 1.165) is 0 Å². The number of hydrogen-bond acceptors (Lipinski definition) is 4. The van der Waals surface area contributed by atoms with Crippen molar-refractivity contribution >= 4 is 5.97 Å². The van der Waals surface area contributed by atoms with Crippen LogP contribution in [0.5, 0.6) is 0 Å². The zero-order valence-electron chi connectivity index (χ0n) is 6.46. The highest BCUT2D eigenvalue weighted by molar-refractivity contribution is 5.74. The molecule has 2 N–H and O–H groups in total. The summed E-state index contributed by atoms with van der Waals surface area (Å²) in [6, 6.07) is -0.586. The Morgan fingerprint density at radius 2 is 2.00 bits per heavy atom. The third-order valence-electron chi connectivity index (χ3n) is 0.986. The topological polar surface area (TPSA) is 61.5 Å². The maximum atomic E-state index is 10.7. The molecule has 0 aliphatic rings. The lowest BCUT2D eigenvalue weighted by molar-refractivity contribution is -0.170. The highest BCUT2D eigenvalue weighted by Crippen LogP contribution is 1.92. The SMILES string of the molecule is COC(C)OC(=O)C(C)N. The van der Waals surface area contributed by atoms with Crippen molar-refractivity contribution in [1.82, 2.24) is 0 Å². The first-order chi connectivity index (χ1) is 4.57. The van der Waals surface area contributed by atoms with Crippen molar-refractivity contribution in [2.75, 3.05) is 7.11 Å². The van der Waals surface area contributed by atoms with E-state index >= 15 is 0 Å². The molecule has 0 spiro atoms. The summed E-state index contributed by atoms with van der Waals surface area (Å²) in [6.45, 7) is 3.19. The molecule has 4 nitrogen and oxygen atoms in total. The Morgan fingerprint density at radius 1 is 1.50 bits per heavy atom. The molecule has 0 fully saturated rings. The number of esters is 1. The molecule has 0 aromatic carbocycles. The molecular weight excluding hydrogens is 134 g/mol. The minimum atomic E-state index is -0.586. The quantitative estimate of drug-likeness (QED) is 0.446. The second-order valence-corrected chi connectivity index (χ2v) is 2.03. The molecule has 0 aliphatic heterocycles. The first-order valence-electron chi connectivity index (χ1n) is 3.06. The van der Waals surface area contributed by atoms with Gasteiger partial charge in [0.2, 0.25) is 0 Å². The van der Waals surface area contributed by atoms with Crippen LogP contribution in [0.1, 0.15) is 13.8 Å². The predicted molar refractivity (Wildman–Crippen MR) is 36.2 cm³/mol. The van der Waals surface area contributed by atoms with Crippen LogP contribution in [0.25, 0.3) is 0 Å². The average molecular weight is 147 g/mol. The molecule has 0 amide bonds. The number of hydrogen-bond donors (Lipinski definition) is 1. The molecule has 0 radical (unpaired) electrons. The molecule has 60 valence electrons. The first-order valence-corrected chi connectivity index (χ1v) is 3.06. The van der Waals surface area contributed by atoms with Gasteiger partial charge >= 0.3 is 5.97 Å². The average Bonchev–Trinajstić information content (AvgIpc) is 1.87. The largest absolute Gasteiger partial charge is 0.435 e. The van der Waals surface area contributed by atoms with Crippen molar-refractivity contribution in [2.24, 2.45) is 5.73 Å². The summed E-state index contributed by atoms with van der Waals surface area (Å²) in [5, 5.41) is 0. The van der Waals surface area contributed by atoms with Crippen LogP contribution in [-0.2, 0) is 14.3 Å². The normalized spacial score (nSPS) is 16.0. The minimum absolute atomic E-state index is 0.450. The molecule has 0 heterocycles. The van der Waals surface area contributed by atoms with Crippen LogP contribution in [0.2, 0.25) is 0 Å². The molecule has 4 heteroatoms. The van der Waals surface area contributed by atoms with Gasteiger partial charge < -0.3 is 15.2 Å². The Bertz CT molecular complexity index is 114. The van der Waals surface area contributed by atoms with Gasteiger partial charge in [-0.1, -0.05) is 0 Å². The summed E-state index contributed by atoms with van der Waals surface area (Å²) in [5.74, 6) is -0.450. The molecule has 0 saturated carbocycles. The molecule has 0 rings (SSSR count). The lowest BCUT2D eigenvalue weighted by Crippen LogP contribution is -2.31. The van der Waals surface area contributed by atoms with Crippen molar-refractivity contribution in [3.63, 3.8) is 0 Å². The number of ether oxygens (including phenoxy) is 2. The van der Waals surface area contributed by atoms with Crippen molar-refractivity contribution in [1.29, 1.82) is 0 Å². The third-order valence-corrected chi connectivity index (χ3v) is 0.986. The van der Waals surface area contributed by atoms with Gasteiger partial charge in [0.05, 0.1) is 0 Å². The lowest BCUT2D eigenvalue weighted by Gasteiger charge is -2.12. The van der Waals surface area contributed by atoms with E-state index in [-0.39, 0.29) is 0 Å². The fourth-order valence-electron chi connectivity index (χ4n) is 0.319. The first kappa shape index (κ1) is 9.39. The fourth-order valence-corrected chi connectivity index (χ4v) is 0.319. The van der Waals surface area contributed by atoms with Crippen LogP contribution in [0.15, 0.2) is 0 Å². The lowest BCUT2D eigenvalue weighted by atomic mass is 10.4. The van der Waals surface area contributed by atoms with E-state index in [0.29, 0.717) is 0 Å². The highest BCUT2D eigenvalue weighted by Gasteiger charge is 2.11. The molecular formula is C6H13NO3. The molecule has 0 aromatic heterocycles. The number of nitrogens with two attached hydrogens (primary N) is 1. The summed E-state index contributed by atoms with van der Waals surface area (Å²) in [6.07, 6.45) is -0.515. The molecule has 2 atom stereocenters. The van der Waals surface area contributed by atoms with Gasteiger partial charge in [0.25, 0.3) is 0 Å². The van der Waals surface area contributed by atoms with E-state index in [1.54, 1.807) is 13.8 Å². The molecule has 0 aliphatic carbocycles. The molecule has 0 aromatic rings. The van der Waals surface area contributed by atoms with Crippen molar-refractivity contribution in [3.05, 3.63) is 0 Å². The summed E-state index contributed by atoms with van der Waals surface area (Å²) < 4.78 is 9.35. The van der Waals surface area contributed by atoms with Gasteiger partial charge in [0.1, 0.15) is 6.04 Å². The summed E-state index contributed by atoms with van der Waals surface area (Å²) in [5.41, 5.74) is 5.21. The Morgan fingerprint density at radius 3 is 2.30 bits per heavy atom. The standard InChI is InChI=1S/C6H13NO3/c1-4(7)6(8)10-5(2)9-3/h4-5H,7H2,1-3H3. The zero-order valence-corrected chi connectivity index (χ0v) is 6.46. The third kappa shape index (κ3) is 3.42. The van der Waals surface area contributed by atoms with Gasteiger partial charge in [-0.05, 0) is 13.8 Å². The number of carbonyl (C=O) groups excluding carboxylic acids is 1. The van der Waals surface area contributed by atoms with Gasteiger partial charge in [0.15, 0.2) is 6.29 Å². The number of rotatable bonds is 3. The smallest absolute Gasteiger partial charge is 0.324 e. The Hall–Kier alpha value is -0.610. The van der Waals surface area contributed by atoms with Crippen LogP contribution < -0.4 is 5.73 Å².